The summed E-state index contributed by atoms with van der Waals surface area (Å²) >= 11 is 0. The maximum Gasteiger partial charge on any atom is 0.191 e. The first-order valence-electron chi connectivity index (χ1n) is 11.6. The largest absolute Gasteiger partial charge is 0.379 e. The SMILES string of the molecule is CCNC(=NCc1cccc(N(C)C)n1)NCC1(CN2CCOCC2)CCCCC1.I. The van der Waals surface area contributed by atoms with Gasteiger partial charge in [-0.3, -0.25) is 4.90 Å². The maximum absolute atomic E-state index is 5.55. The third kappa shape index (κ3) is 8.38. The molecule has 0 spiro atoms. The Morgan fingerprint density at radius 3 is 2.58 bits per heavy atom. The van der Waals surface area contributed by atoms with Gasteiger partial charge in [-0.05, 0) is 31.9 Å². The molecule has 8 heteroatoms. The van der Waals surface area contributed by atoms with Crippen LogP contribution in [-0.2, 0) is 11.3 Å². The fraction of sp³-hybridized carbons (Fsp3) is 0.739. The van der Waals surface area contributed by atoms with Gasteiger partial charge in [0.15, 0.2) is 5.96 Å². The topological polar surface area (TPSA) is 65.0 Å². The van der Waals surface area contributed by atoms with Crippen LogP contribution in [0, 0.1) is 5.41 Å². The molecule has 2 heterocycles. The van der Waals surface area contributed by atoms with Gasteiger partial charge in [0, 0.05) is 52.2 Å². The number of nitrogens with one attached hydrogen (secondary N) is 2. The van der Waals surface area contributed by atoms with Crippen molar-refractivity contribution in [3.05, 3.63) is 23.9 Å². The van der Waals surface area contributed by atoms with Gasteiger partial charge in [-0.15, -0.1) is 24.0 Å². The van der Waals surface area contributed by atoms with E-state index in [1.54, 1.807) is 0 Å². The molecule has 1 aromatic heterocycles. The summed E-state index contributed by atoms with van der Waals surface area (Å²) in [5, 5.41) is 7.09. The van der Waals surface area contributed by atoms with Crippen molar-refractivity contribution in [2.45, 2.75) is 45.6 Å². The van der Waals surface area contributed by atoms with Crippen molar-refractivity contribution in [2.24, 2.45) is 10.4 Å². The van der Waals surface area contributed by atoms with Gasteiger partial charge < -0.3 is 20.3 Å². The molecular weight excluding hydrogens is 503 g/mol. The Kier molecular flexibility index (Phi) is 11.3. The van der Waals surface area contributed by atoms with Crippen LogP contribution in [0.5, 0.6) is 0 Å². The molecule has 0 atom stereocenters. The minimum atomic E-state index is 0. The third-order valence-electron chi connectivity index (χ3n) is 6.20. The Hall–Kier alpha value is -1.13. The van der Waals surface area contributed by atoms with Gasteiger partial charge in [0.1, 0.15) is 5.82 Å². The van der Waals surface area contributed by atoms with Crippen molar-refractivity contribution in [2.75, 3.05) is 64.9 Å². The Labute approximate surface area is 205 Å². The van der Waals surface area contributed by atoms with E-state index in [1.807, 2.05) is 37.2 Å². The average molecular weight is 545 g/mol. The second-order valence-corrected chi connectivity index (χ2v) is 8.88. The number of ether oxygens (including phenoxy) is 1. The number of hydrogen-bond donors (Lipinski definition) is 2. The van der Waals surface area contributed by atoms with Crippen molar-refractivity contribution in [3.63, 3.8) is 0 Å². The summed E-state index contributed by atoms with van der Waals surface area (Å²) < 4.78 is 5.55. The smallest absolute Gasteiger partial charge is 0.191 e. The van der Waals surface area contributed by atoms with E-state index in [-0.39, 0.29) is 24.0 Å². The molecule has 1 aliphatic carbocycles. The van der Waals surface area contributed by atoms with E-state index in [9.17, 15) is 0 Å². The molecule has 2 N–H and O–H groups in total. The van der Waals surface area contributed by atoms with Gasteiger partial charge >= 0.3 is 0 Å². The van der Waals surface area contributed by atoms with E-state index >= 15 is 0 Å². The highest BCUT2D eigenvalue weighted by atomic mass is 127. The molecule has 176 valence electrons. The number of aliphatic imine (C=N–C) groups is 1. The quantitative estimate of drug-likeness (QED) is 0.298. The van der Waals surface area contributed by atoms with Crippen LogP contribution < -0.4 is 15.5 Å². The van der Waals surface area contributed by atoms with Crippen molar-refractivity contribution >= 4 is 35.8 Å². The summed E-state index contributed by atoms with van der Waals surface area (Å²) in [4.78, 5) is 14.1. The summed E-state index contributed by atoms with van der Waals surface area (Å²) in [6.45, 7) is 9.54. The normalized spacial score (nSPS) is 19.4. The minimum absolute atomic E-state index is 0. The summed E-state index contributed by atoms with van der Waals surface area (Å²) in [6.07, 6.45) is 6.63. The first kappa shape index (κ1) is 26.1. The van der Waals surface area contributed by atoms with Gasteiger partial charge in [0.2, 0.25) is 0 Å². The van der Waals surface area contributed by atoms with Crippen LogP contribution in [0.15, 0.2) is 23.2 Å². The predicted molar refractivity (Wildman–Crippen MR) is 140 cm³/mol. The van der Waals surface area contributed by atoms with Gasteiger partial charge in [0.05, 0.1) is 25.5 Å². The van der Waals surface area contributed by atoms with Crippen LogP contribution in [0.3, 0.4) is 0 Å². The van der Waals surface area contributed by atoms with Crippen LogP contribution >= 0.6 is 24.0 Å². The van der Waals surface area contributed by atoms with Crippen molar-refractivity contribution in [3.8, 4) is 0 Å². The number of morpholine rings is 1. The fourth-order valence-corrected chi connectivity index (χ4v) is 4.50. The fourth-order valence-electron chi connectivity index (χ4n) is 4.50. The van der Waals surface area contributed by atoms with E-state index in [2.05, 4.69) is 22.5 Å². The van der Waals surface area contributed by atoms with Crippen LogP contribution in [0.2, 0.25) is 0 Å². The molecule has 2 aliphatic rings. The molecular formula is C23H41IN6O. The number of pyridine rings is 1. The summed E-state index contributed by atoms with van der Waals surface area (Å²) in [5.41, 5.74) is 1.31. The predicted octanol–water partition coefficient (Wildman–Crippen LogP) is 3.10. The van der Waals surface area contributed by atoms with E-state index in [4.69, 9.17) is 14.7 Å². The molecule has 7 nitrogen and oxygen atoms in total. The highest BCUT2D eigenvalue weighted by molar-refractivity contribution is 14.0. The minimum Gasteiger partial charge on any atom is -0.379 e. The monoisotopic (exact) mass is 544 g/mol. The highest BCUT2D eigenvalue weighted by Crippen LogP contribution is 2.36. The lowest BCUT2D eigenvalue weighted by Gasteiger charge is -2.42. The Bertz CT molecular complexity index is 672. The van der Waals surface area contributed by atoms with Crippen LogP contribution in [0.1, 0.15) is 44.7 Å². The molecule has 0 aromatic carbocycles. The number of halogens is 1. The number of aromatic nitrogens is 1. The molecule has 1 aromatic rings. The van der Waals surface area contributed by atoms with E-state index in [0.29, 0.717) is 12.0 Å². The van der Waals surface area contributed by atoms with E-state index in [1.165, 1.54) is 32.1 Å². The average Bonchev–Trinajstić information content (AvgIpc) is 2.77. The zero-order valence-corrected chi connectivity index (χ0v) is 21.9. The number of guanidine groups is 1. The molecule has 1 saturated carbocycles. The first-order valence-corrected chi connectivity index (χ1v) is 11.6. The van der Waals surface area contributed by atoms with Gasteiger partial charge in [0.25, 0.3) is 0 Å². The number of hydrogen-bond acceptors (Lipinski definition) is 5. The number of nitrogens with zero attached hydrogens (tertiary/aromatic N) is 4. The van der Waals surface area contributed by atoms with Crippen LogP contribution in [0.25, 0.3) is 0 Å². The molecule has 0 unspecified atom stereocenters. The van der Waals surface area contributed by atoms with Crippen molar-refractivity contribution in [1.29, 1.82) is 0 Å². The van der Waals surface area contributed by atoms with E-state index in [0.717, 1.165) is 63.4 Å². The molecule has 1 saturated heterocycles. The van der Waals surface area contributed by atoms with Gasteiger partial charge in [-0.1, -0.05) is 25.3 Å². The Balaban J connectivity index is 0.00000341. The molecule has 0 radical (unpaired) electrons. The second kappa shape index (κ2) is 13.4. The van der Waals surface area contributed by atoms with E-state index < -0.39 is 0 Å². The molecule has 1 aliphatic heterocycles. The Morgan fingerprint density at radius 1 is 1.16 bits per heavy atom. The molecule has 0 bridgehead atoms. The first-order chi connectivity index (χ1) is 14.6. The Morgan fingerprint density at radius 2 is 1.90 bits per heavy atom. The summed E-state index contributed by atoms with van der Waals surface area (Å²) in [6, 6.07) is 6.11. The lowest BCUT2D eigenvalue weighted by molar-refractivity contribution is 0.00820. The summed E-state index contributed by atoms with van der Waals surface area (Å²) in [7, 11) is 4.03. The van der Waals surface area contributed by atoms with Gasteiger partial charge in [-0.25, -0.2) is 9.98 Å². The lowest BCUT2D eigenvalue weighted by atomic mass is 9.73. The molecule has 0 amide bonds. The van der Waals surface area contributed by atoms with Crippen molar-refractivity contribution < 1.29 is 4.74 Å². The standard InChI is InChI=1S/C23H40N6O.HI/c1-4-24-22(25-17-20-9-8-10-21(27-20)28(2)3)26-18-23(11-6-5-7-12-23)19-29-13-15-30-16-14-29;/h8-10H,4-7,11-19H2,1-3H3,(H2,24,25,26);1H. The van der Waals surface area contributed by atoms with Crippen molar-refractivity contribution in [1.82, 2.24) is 20.5 Å². The van der Waals surface area contributed by atoms with Crippen LogP contribution in [-0.4, -0.2) is 75.9 Å². The summed E-state index contributed by atoms with van der Waals surface area (Å²) in [5.74, 6) is 1.86. The lowest BCUT2D eigenvalue weighted by Crippen LogP contribution is -2.51. The highest BCUT2D eigenvalue weighted by Gasteiger charge is 2.34. The number of anilines is 1. The number of rotatable bonds is 8. The van der Waals surface area contributed by atoms with Gasteiger partial charge in [-0.2, -0.15) is 0 Å². The van der Waals surface area contributed by atoms with Crippen LogP contribution in [0.4, 0.5) is 5.82 Å². The second-order valence-electron chi connectivity index (χ2n) is 8.88. The zero-order chi connectivity index (χ0) is 21.2. The maximum atomic E-state index is 5.55. The molecule has 3 rings (SSSR count). The molecule has 2 fully saturated rings. The molecule has 31 heavy (non-hydrogen) atoms. The zero-order valence-electron chi connectivity index (χ0n) is 19.5. The third-order valence-corrected chi connectivity index (χ3v) is 6.20.